The highest BCUT2D eigenvalue weighted by Crippen LogP contribution is 2.26. The quantitative estimate of drug-likeness (QED) is 0.689. The van der Waals surface area contributed by atoms with Crippen molar-refractivity contribution in [2.24, 2.45) is 0 Å². The molecular formula is C18H18N2O3S. The van der Waals surface area contributed by atoms with Crippen molar-refractivity contribution < 1.29 is 14.3 Å². The van der Waals surface area contributed by atoms with Gasteiger partial charge >= 0.3 is 0 Å². The molecule has 5 nitrogen and oxygen atoms in total. The van der Waals surface area contributed by atoms with Crippen LogP contribution < -0.4 is 9.47 Å². The van der Waals surface area contributed by atoms with E-state index < -0.39 is 0 Å². The third-order valence-corrected chi connectivity index (χ3v) is 4.58. The summed E-state index contributed by atoms with van der Waals surface area (Å²) in [5, 5.41) is 0.907. The number of carbonyl (C=O) groups excluding carboxylic acids is 1. The minimum atomic E-state index is -0.111. The maximum absolute atomic E-state index is 12.3. The lowest BCUT2D eigenvalue weighted by Gasteiger charge is -2.16. The van der Waals surface area contributed by atoms with Gasteiger partial charge in [0.2, 0.25) is 0 Å². The molecule has 0 bridgehead atoms. The minimum absolute atomic E-state index is 0.0399. The number of hydrogen-bond acceptors (Lipinski definition) is 5. The van der Waals surface area contributed by atoms with Crippen LogP contribution in [0.15, 0.2) is 48.5 Å². The van der Waals surface area contributed by atoms with Gasteiger partial charge in [0.1, 0.15) is 5.01 Å². The fraction of sp³-hybridized carbons (Fsp3) is 0.222. The Morgan fingerprint density at radius 3 is 2.58 bits per heavy atom. The third-order valence-electron chi connectivity index (χ3n) is 3.56. The summed E-state index contributed by atoms with van der Waals surface area (Å²) in [6, 6.07) is 15.2. The van der Waals surface area contributed by atoms with Gasteiger partial charge < -0.3 is 14.4 Å². The Kier molecular flexibility index (Phi) is 4.96. The average Bonchev–Trinajstić information content (AvgIpc) is 3.02. The van der Waals surface area contributed by atoms with Crippen molar-refractivity contribution in [1.82, 2.24) is 9.88 Å². The molecule has 3 aromatic rings. The number of nitrogens with zero attached hydrogens (tertiary/aromatic N) is 2. The molecule has 0 unspecified atom stereocenters. The van der Waals surface area contributed by atoms with Crippen molar-refractivity contribution in [3.8, 4) is 11.5 Å². The highest BCUT2D eigenvalue weighted by Gasteiger charge is 2.14. The Balaban J connectivity index is 1.60. The molecule has 0 radical (unpaired) electrons. The van der Waals surface area contributed by atoms with Crippen molar-refractivity contribution in [1.29, 1.82) is 0 Å². The maximum Gasteiger partial charge on any atom is 0.260 e. The minimum Gasteiger partial charge on any atom is -0.493 e. The summed E-state index contributed by atoms with van der Waals surface area (Å²) < 4.78 is 11.9. The number of fused-ring (bicyclic) bond motifs is 1. The molecule has 1 aromatic heterocycles. The number of benzene rings is 2. The van der Waals surface area contributed by atoms with E-state index in [4.69, 9.17) is 9.47 Å². The second-order valence-corrected chi connectivity index (χ2v) is 6.38. The fourth-order valence-corrected chi connectivity index (χ4v) is 3.29. The molecule has 3 rings (SSSR count). The summed E-state index contributed by atoms with van der Waals surface area (Å²) in [4.78, 5) is 18.4. The molecule has 124 valence electrons. The van der Waals surface area contributed by atoms with Gasteiger partial charge in [0.05, 0.1) is 23.9 Å². The smallest absolute Gasteiger partial charge is 0.260 e. The Hall–Kier alpha value is -2.60. The van der Waals surface area contributed by atoms with E-state index in [0.717, 1.165) is 15.2 Å². The molecule has 0 atom stereocenters. The van der Waals surface area contributed by atoms with Crippen LogP contribution >= 0.6 is 11.3 Å². The number of methoxy groups -OCH3 is 1. The zero-order valence-electron chi connectivity index (χ0n) is 13.6. The molecule has 1 amide bonds. The highest BCUT2D eigenvalue weighted by atomic mass is 32.1. The molecule has 0 N–H and O–H groups in total. The Morgan fingerprint density at radius 1 is 1.12 bits per heavy atom. The number of carbonyl (C=O) groups is 1. The number of ether oxygens (including phenoxy) is 2. The summed E-state index contributed by atoms with van der Waals surface area (Å²) in [5.74, 6) is 1.06. The van der Waals surface area contributed by atoms with E-state index in [1.54, 1.807) is 42.5 Å². The van der Waals surface area contributed by atoms with E-state index in [-0.39, 0.29) is 12.5 Å². The predicted octanol–water partition coefficient (Wildman–Crippen LogP) is 3.34. The van der Waals surface area contributed by atoms with Gasteiger partial charge in [0.25, 0.3) is 5.91 Å². The van der Waals surface area contributed by atoms with Gasteiger partial charge in [-0.05, 0) is 24.3 Å². The van der Waals surface area contributed by atoms with Crippen molar-refractivity contribution in [2.75, 3.05) is 20.8 Å². The zero-order valence-corrected chi connectivity index (χ0v) is 14.4. The number of thiazole rings is 1. The van der Waals surface area contributed by atoms with Crippen LogP contribution in [0.25, 0.3) is 10.2 Å². The highest BCUT2D eigenvalue weighted by molar-refractivity contribution is 7.18. The summed E-state index contributed by atoms with van der Waals surface area (Å²) in [5.41, 5.74) is 0.962. The molecule has 2 aromatic carbocycles. The van der Waals surface area contributed by atoms with E-state index in [1.165, 1.54) is 0 Å². The lowest BCUT2D eigenvalue weighted by Crippen LogP contribution is -2.30. The molecule has 0 aliphatic carbocycles. The molecule has 0 aliphatic rings. The van der Waals surface area contributed by atoms with Gasteiger partial charge in [0.15, 0.2) is 18.1 Å². The largest absolute Gasteiger partial charge is 0.493 e. The van der Waals surface area contributed by atoms with Crippen LogP contribution in [0.2, 0.25) is 0 Å². The van der Waals surface area contributed by atoms with Gasteiger partial charge in [-0.25, -0.2) is 4.98 Å². The SMILES string of the molecule is COc1ccccc1OCC(=O)N(C)Cc1nc2ccccc2s1. The number of hydrogen-bond donors (Lipinski definition) is 0. The van der Waals surface area contributed by atoms with Gasteiger partial charge in [-0.15, -0.1) is 11.3 Å². The molecule has 0 saturated carbocycles. The number of likely N-dealkylation sites (N-methyl/N-ethyl adjacent to an activating group) is 1. The summed E-state index contributed by atoms with van der Waals surface area (Å²) in [6.07, 6.45) is 0. The van der Waals surface area contributed by atoms with Crippen LogP contribution in [-0.2, 0) is 11.3 Å². The molecular weight excluding hydrogens is 324 g/mol. The molecule has 0 fully saturated rings. The standard InChI is InChI=1S/C18H18N2O3S/c1-20(11-17-19-13-7-3-6-10-16(13)24-17)18(21)12-23-15-9-5-4-8-14(15)22-2/h3-10H,11-12H2,1-2H3. The molecule has 0 spiro atoms. The molecule has 6 heteroatoms. The first kappa shape index (κ1) is 16.3. The van der Waals surface area contributed by atoms with Crippen LogP contribution in [0.4, 0.5) is 0 Å². The number of para-hydroxylation sites is 3. The topological polar surface area (TPSA) is 51.7 Å². The first-order valence-electron chi connectivity index (χ1n) is 7.51. The second-order valence-electron chi connectivity index (χ2n) is 5.26. The van der Waals surface area contributed by atoms with Crippen molar-refractivity contribution >= 4 is 27.5 Å². The Labute approximate surface area is 144 Å². The molecule has 1 heterocycles. The monoisotopic (exact) mass is 342 g/mol. The summed E-state index contributed by atoms with van der Waals surface area (Å²) in [6.45, 7) is 0.426. The first-order valence-corrected chi connectivity index (χ1v) is 8.33. The van der Waals surface area contributed by atoms with Crippen molar-refractivity contribution in [3.05, 3.63) is 53.5 Å². The van der Waals surface area contributed by atoms with E-state index in [0.29, 0.717) is 18.0 Å². The number of amides is 1. The van der Waals surface area contributed by atoms with Crippen LogP contribution in [0.5, 0.6) is 11.5 Å². The predicted molar refractivity (Wildman–Crippen MR) is 94.6 cm³/mol. The summed E-state index contributed by atoms with van der Waals surface area (Å²) >= 11 is 1.60. The average molecular weight is 342 g/mol. The van der Waals surface area contributed by atoms with E-state index >= 15 is 0 Å². The third kappa shape index (κ3) is 3.65. The van der Waals surface area contributed by atoms with Crippen LogP contribution in [0.1, 0.15) is 5.01 Å². The molecule has 0 aliphatic heterocycles. The molecule has 24 heavy (non-hydrogen) atoms. The van der Waals surface area contributed by atoms with Crippen molar-refractivity contribution in [3.63, 3.8) is 0 Å². The maximum atomic E-state index is 12.3. The number of aromatic nitrogens is 1. The lowest BCUT2D eigenvalue weighted by molar-refractivity contribution is -0.132. The van der Waals surface area contributed by atoms with Gasteiger partial charge in [0, 0.05) is 7.05 Å². The Bertz CT molecular complexity index is 814. The second kappa shape index (κ2) is 7.31. The van der Waals surface area contributed by atoms with E-state index in [1.807, 2.05) is 36.4 Å². The first-order chi connectivity index (χ1) is 11.7. The number of rotatable bonds is 6. The van der Waals surface area contributed by atoms with Crippen LogP contribution in [-0.4, -0.2) is 36.6 Å². The van der Waals surface area contributed by atoms with Gasteiger partial charge in [-0.3, -0.25) is 4.79 Å². The van der Waals surface area contributed by atoms with Crippen LogP contribution in [0, 0.1) is 0 Å². The Morgan fingerprint density at radius 2 is 1.83 bits per heavy atom. The van der Waals surface area contributed by atoms with Gasteiger partial charge in [-0.1, -0.05) is 24.3 Å². The van der Waals surface area contributed by atoms with Gasteiger partial charge in [-0.2, -0.15) is 0 Å². The lowest BCUT2D eigenvalue weighted by atomic mass is 10.3. The fourth-order valence-electron chi connectivity index (χ4n) is 2.27. The zero-order chi connectivity index (χ0) is 16.9. The van der Waals surface area contributed by atoms with Crippen LogP contribution in [0.3, 0.4) is 0 Å². The normalized spacial score (nSPS) is 10.6. The summed E-state index contributed by atoms with van der Waals surface area (Å²) in [7, 11) is 3.32. The van der Waals surface area contributed by atoms with Crippen molar-refractivity contribution in [2.45, 2.75) is 6.54 Å². The molecule has 0 saturated heterocycles. The van der Waals surface area contributed by atoms with E-state index in [2.05, 4.69) is 4.98 Å². The van der Waals surface area contributed by atoms with E-state index in [9.17, 15) is 4.79 Å².